The van der Waals surface area contributed by atoms with Crippen LogP contribution in [0.2, 0.25) is 0 Å². The van der Waals surface area contributed by atoms with Gasteiger partial charge in [-0.05, 0) is 25.2 Å². The van der Waals surface area contributed by atoms with E-state index in [1.54, 1.807) is 13.8 Å². The van der Waals surface area contributed by atoms with Crippen LogP contribution in [0.3, 0.4) is 0 Å². The number of carbonyl (C=O) groups excluding carboxylic acids is 2. The van der Waals surface area contributed by atoms with Crippen LogP contribution in [0.25, 0.3) is 0 Å². The van der Waals surface area contributed by atoms with Gasteiger partial charge in [0.15, 0.2) is 0 Å². The summed E-state index contributed by atoms with van der Waals surface area (Å²) in [5.74, 6) is -2.19. The van der Waals surface area contributed by atoms with Gasteiger partial charge in [0.25, 0.3) is 0 Å². The van der Waals surface area contributed by atoms with Crippen molar-refractivity contribution in [2.75, 3.05) is 0 Å². The number of carbonyl (C=O) groups is 3. The SMILES string of the molecule is CC(C)C[C@H](NC(=O)CC(C)O)C(=O)N[C@H](C(=O)O)C(C)C. The lowest BCUT2D eigenvalue weighted by molar-refractivity contribution is -0.143. The maximum Gasteiger partial charge on any atom is 0.326 e. The number of carboxylic acid groups (broad SMARTS) is 1. The second-order valence-electron chi connectivity index (χ2n) is 6.37. The van der Waals surface area contributed by atoms with Crippen LogP contribution < -0.4 is 10.6 Å². The highest BCUT2D eigenvalue weighted by molar-refractivity contribution is 5.90. The molecule has 0 aromatic rings. The van der Waals surface area contributed by atoms with Crippen LogP contribution in [-0.2, 0) is 14.4 Å². The quantitative estimate of drug-likeness (QED) is 0.495. The normalized spacial score (nSPS) is 15.3. The number of nitrogens with one attached hydrogen (secondary N) is 2. The summed E-state index contributed by atoms with van der Waals surface area (Å²) in [7, 11) is 0. The topological polar surface area (TPSA) is 116 Å². The molecule has 2 amide bonds. The Kier molecular flexibility index (Phi) is 8.70. The Morgan fingerprint density at radius 2 is 1.55 bits per heavy atom. The van der Waals surface area contributed by atoms with Gasteiger partial charge in [0.05, 0.1) is 12.5 Å². The van der Waals surface area contributed by atoms with Crippen molar-refractivity contribution < 1.29 is 24.6 Å². The molecule has 0 aliphatic heterocycles. The third-order valence-corrected chi connectivity index (χ3v) is 3.07. The molecule has 0 heterocycles. The zero-order valence-electron chi connectivity index (χ0n) is 13.9. The van der Waals surface area contributed by atoms with Gasteiger partial charge < -0.3 is 20.8 Å². The fourth-order valence-electron chi connectivity index (χ4n) is 1.99. The lowest BCUT2D eigenvalue weighted by Crippen LogP contribution is -2.53. The monoisotopic (exact) mass is 316 g/mol. The first-order valence-corrected chi connectivity index (χ1v) is 7.55. The van der Waals surface area contributed by atoms with Crippen LogP contribution >= 0.6 is 0 Å². The average molecular weight is 316 g/mol. The van der Waals surface area contributed by atoms with Crippen LogP contribution in [0, 0.1) is 11.8 Å². The first-order valence-electron chi connectivity index (χ1n) is 7.55. The summed E-state index contributed by atoms with van der Waals surface area (Å²) >= 11 is 0. The number of aliphatic hydroxyl groups excluding tert-OH is 1. The van der Waals surface area contributed by atoms with E-state index in [0.717, 1.165) is 0 Å². The molecule has 0 aliphatic carbocycles. The van der Waals surface area contributed by atoms with E-state index in [-0.39, 0.29) is 18.3 Å². The van der Waals surface area contributed by atoms with Crippen LogP contribution in [0.15, 0.2) is 0 Å². The predicted molar refractivity (Wildman–Crippen MR) is 82.1 cm³/mol. The molecule has 3 atom stereocenters. The maximum absolute atomic E-state index is 12.3. The van der Waals surface area contributed by atoms with E-state index in [1.807, 2.05) is 13.8 Å². The third kappa shape index (κ3) is 7.97. The second kappa shape index (κ2) is 9.40. The maximum atomic E-state index is 12.3. The van der Waals surface area contributed by atoms with E-state index < -0.39 is 36.0 Å². The van der Waals surface area contributed by atoms with Crippen molar-refractivity contribution in [1.82, 2.24) is 10.6 Å². The minimum Gasteiger partial charge on any atom is -0.480 e. The zero-order valence-corrected chi connectivity index (χ0v) is 13.9. The van der Waals surface area contributed by atoms with Crippen LogP contribution in [0.5, 0.6) is 0 Å². The van der Waals surface area contributed by atoms with Crippen molar-refractivity contribution in [3.05, 3.63) is 0 Å². The highest BCUT2D eigenvalue weighted by atomic mass is 16.4. The fraction of sp³-hybridized carbons (Fsp3) is 0.800. The lowest BCUT2D eigenvalue weighted by atomic mass is 10.0. The molecular formula is C15H28N2O5. The first kappa shape index (κ1) is 20.4. The number of amides is 2. The Morgan fingerprint density at radius 3 is 1.91 bits per heavy atom. The molecule has 7 heteroatoms. The Labute approximate surface area is 131 Å². The highest BCUT2D eigenvalue weighted by Crippen LogP contribution is 2.08. The number of rotatable bonds is 9. The smallest absolute Gasteiger partial charge is 0.326 e. The number of hydrogen-bond acceptors (Lipinski definition) is 4. The predicted octanol–water partition coefficient (Wildman–Crippen LogP) is 0.514. The van der Waals surface area contributed by atoms with E-state index in [9.17, 15) is 19.5 Å². The molecule has 0 radical (unpaired) electrons. The van der Waals surface area contributed by atoms with Crippen molar-refractivity contribution >= 4 is 17.8 Å². The van der Waals surface area contributed by atoms with Gasteiger partial charge in [-0.25, -0.2) is 4.79 Å². The molecule has 7 nitrogen and oxygen atoms in total. The van der Waals surface area contributed by atoms with E-state index in [4.69, 9.17) is 5.11 Å². The van der Waals surface area contributed by atoms with Crippen molar-refractivity contribution in [1.29, 1.82) is 0 Å². The van der Waals surface area contributed by atoms with E-state index in [1.165, 1.54) is 6.92 Å². The largest absolute Gasteiger partial charge is 0.480 e. The Bertz CT molecular complexity index is 393. The molecule has 0 rings (SSSR count). The number of aliphatic hydroxyl groups is 1. The van der Waals surface area contributed by atoms with Crippen LogP contribution in [-0.4, -0.2) is 46.2 Å². The lowest BCUT2D eigenvalue weighted by Gasteiger charge is -2.24. The third-order valence-electron chi connectivity index (χ3n) is 3.07. The molecular weight excluding hydrogens is 288 g/mol. The summed E-state index contributed by atoms with van der Waals surface area (Å²) in [6.45, 7) is 8.68. The van der Waals surface area contributed by atoms with E-state index in [2.05, 4.69) is 10.6 Å². The van der Waals surface area contributed by atoms with Gasteiger partial charge in [0, 0.05) is 0 Å². The standard InChI is InChI=1S/C15H28N2O5/c1-8(2)6-11(16-12(19)7-10(5)18)14(20)17-13(9(3)4)15(21)22/h8-11,13,18H,6-7H2,1-5H3,(H,16,19)(H,17,20)(H,21,22)/t10?,11-,13-/m0/s1. The molecule has 0 saturated heterocycles. The Morgan fingerprint density at radius 1 is 1.00 bits per heavy atom. The molecule has 0 aliphatic rings. The zero-order chi connectivity index (χ0) is 17.4. The van der Waals surface area contributed by atoms with Gasteiger partial charge >= 0.3 is 5.97 Å². The number of aliphatic carboxylic acids is 1. The van der Waals surface area contributed by atoms with Gasteiger partial charge in [0.2, 0.25) is 11.8 Å². The summed E-state index contributed by atoms with van der Waals surface area (Å²) in [4.78, 5) is 35.2. The fourth-order valence-corrected chi connectivity index (χ4v) is 1.99. The summed E-state index contributed by atoms with van der Waals surface area (Å²) in [5, 5.41) is 23.4. The molecule has 1 unspecified atom stereocenters. The highest BCUT2D eigenvalue weighted by Gasteiger charge is 2.28. The molecule has 22 heavy (non-hydrogen) atoms. The molecule has 0 aromatic heterocycles. The van der Waals surface area contributed by atoms with E-state index >= 15 is 0 Å². The molecule has 0 bridgehead atoms. The summed E-state index contributed by atoms with van der Waals surface area (Å²) in [6.07, 6.45) is -0.513. The van der Waals surface area contributed by atoms with Gasteiger partial charge in [-0.3, -0.25) is 9.59 Å². The van der Waals surface area contributed by atoms with Crippen LogP contribution in [0.1, 0.15) is 47.5 Å². The molecule has 0 fully saturated rings. The molecule has 4 N–H and O–H groups in total. The van der Waals surface area contributed by atoms with Crippen molar-refractivity contribution in [3.63, 3.8) is 0 Å². The Balaban J connectivity index is 4.90. The minimum atomic E-state index is -1.11. The second-order valence-corrected chi connectivity index (χ2v) is 6.37. The average Bonchev–Trinajstić information content (AvgIpc) is 2.32. The van der Waals surface area contributed by atoms with Gasteiger partial charge in [0.1, 0.15) is 12.1 Å². The van der Waals surface area contributed by atoms with Gasteiger partial charge in [-0.2, -0.15) is 0 Å². The molecule has 0 saturated carbocycles. The van der Waals surface area contributed by atoms with E-state index in [0.29, 0.717) is 6.42 Å². The van der Waals surface area contributed by atoms with Gasteiger partial charge in [-0.1, -0.05) is 27.7 Å². The summed E-state index contributed by atoms with van der Waals surface area (Å²) in [6, 6.07) is -1.82. The molecule has 0 spiro atoms. The molecule has 128 valence electrons. The summed E-state index contributed by atoms with van der Waals surface area (Å²) < 4.78 is 0. The minimum absolute atomic E-state index is 0.103. The van der Waals surface area contributed by atoms with Crippen molar-refractivity contribution in [2.45, 2.75) is 65.6 Å². The molecule has 0 aromatic carbocycles. The van der Waals surface area contributed by atoms with Crippen molar-refractivity contribution in [2.24, 2.45) is 11.8 Å². The van der Waals surface area contributed by atoms with Crippen molar-refractivity contribution in [3.8, 4) is 0 Å². The number of hydrogen-bond donors (Lipinski definition) is 4. The number of carboxylic acids is 1. The summed E-state index contributed by atoms with van der Waals surface area (Å²) in [5.41, 5.74) is 0. The Hall–Kier alpha value is -1.63. The van der Waals surface area contributed by atoms with Gasteiger partial charge in [-0.15, -0.1) is 0 Å². The first-order chi connectivity index (χ1) is 10.0. The van der Waals surface area contributed by atoms with Crippen LogP contribution in [0.4, 0.5) is 0 Å².